The predicted molar refractivity (Wildman–Crippen MR) is 68.8 cm³/mol. The monoisotopic (exact) mass is 263 g/mol. The standard InChI is InChI=1S/C12H17N5O2/c1-3-4-16(5-6-18)11(19)10-7-13-12-14-8-15-17(12)9(10)2/h7-8,18H,3-6H2,1-2H3. The summed E-state index contributed by atoms with van der Waals surface area (Å²) >= 11 is 0. The van der Waals surface area contributed by atoms with Crippen LogP contribution >= 0.6 is 0 Å². The van der Waals surface area contributed by atoms with Crippen LogP contribution in [0.5, 0.6) is 0 Å². The van der Waals surface area contributed by atoms with Gasteiger partial charge in [0, 0.05) is 19.3 Å². The molecule has 1 amide bonds. The lowest BCUT2D eigenvalue weighted by Crippen LogP contribution is -2.35. The van der Waals surface area contributed by atoms with Crippen LogP contribution in [0.25, 0.3) is 5.78 Å². The molecule has 0 aliphatic heterocycles. The number of carbonyl (C=O) groups excluding carboxylic acids is 1. The highest BCUT2D eigenvalue weighted by atomic mass is 16.3. The highest BCUT2D eigenvalue weighted by Gasteiger charge is 2.19. The van der Waals surface area contributed by atoms with E-state index < -0.39 is 0 Å². The van der Waals surface area contributed by atoms with Crippen LogP contribution in [-0.2, 0) is 0 Å². The van der Waals surface area contributed by atoms with Gasteiger partial charge in [0.1, 0.15) is 6.33 Å². The van der Waals surface area contributed by atoms with Gasteiger partial charge in [-0.2, -0.15) is 10.1 Å². The van der Waals surface area contributed by atoms with E-state index in [2.05, 4.69) is 15.1 Å². The maximum Gasteiger partial charge on any atom is 0.257 e. The first-order valence-corrected chi connectivity index (χ1v) is 6.24. The molecule has 0 unspecified atom stereocenters. The maximum atomic E-state index is 12.4. The van der Waals surface area contributed by atoms with Crippen LogP contribution < -0.4 is 0 Å². The summed E-state index contributed by atoms with van der Waals surface area (Å²) in [5, 5.41) is 13.1. The SMILES string of the molecule is CCCN(CCO)C(=O)c1cnc2ncnn2c1C. The van der Waals surface area contributed by atoms with Crippen LogP contribution in [-0.4, -0.2) is 55.2 Å². The average Bonchev–Trinajstić information content (AvgIpc) is 2.87. The lowest BCUT2D eigenvalue weighted by molar-refractivity contribution is 0.0720. The van der Waals surface area contributed by atoms with Gasteiger partial charge < -0.3 is 10.0 Å². The van der Waals surface area contributed by atoms with E-state index in [1.54, 1.807) is 11.8 Å². The predicted octanol–water partition coefficient (Wildman–Crippen LogP) is 0.277. The van der Waals surface area contributed by atoms with Crippen molar-refractivity contribution in [3.63, 3.8) is 0 Å². The number of aliphatic hydroxyl groups excluding tert-OH is 1. The van der Waals surface area contributed by atoms with E-state index in [0.717, 1.165) is 6.42 Å². The van der Waals surface area contributed by atoms with Gasteiger partial charge in [0.25, 0.3) is 11.7 Å². The quantitative estimate of drug-likeness (QED) is 0.837. The van der Waals surface area contributed by atoms with Crippen molar-refractivity contribution in [1.29, 1.82) is 0 Å². The Morgan fingerprint density at radius 1 is 1.42 bits per heavy atom. The highest BCUT2D eigenvalue weighted by molar-refractivity contribution is 5.95. The van der Waals surface area contributed by atoms with Crippen molar-refractivity contribution < 1.29 is 9.90 Å². The molecule has 0 saturated heterocycles. The van der Waals surface area contributed by atoms with Crippen LogP contribution in [0.2, 0.25) is 0 Å². The number of aryl methyl sites for hydroxylation is 1. The van der Waals surface area contributed by atoms with E-state index in [4.69, 9.17) is 5.11 Å². The van der Waals surface area contributed by atoms with E-state index in [1.807, 2.05) is 6.92 Å². The van der Waals surface area contributed by atoms with Crippen molar-refractivity contribution in [2.45, 2.75) is 20.3 Å². The Morgan fingerprint density at radius 3 is 2.89 bits per heavy atom. The second-order valence-electron chi connectivity index (χ2n) is 4.24. The minimum Gasteiger partial charge on any atom is -0.395 e. The molecule has 0 aromatic carbocycles. The number of hydrogen-bond donors (Lipinski definition) is 1. The highest BCUT2D eigenvalue weighted by Crippen LogP contribution is 2.11. The number of aromatic nitrogens is 4. The van der Waals surface area contributed by atoms with Crippen LogP contribution in [0.15, 0.2) is 12.5 Å². The zero-order valence-electron chi connectivity index (χ0n) is 11.1. The average molecular weight is 263 g/mol. The topological polar surface area (TPSA) is 83.6 Å². The summed E-state index contributed by atoms with van der Waals surface area (Å²) in [6.07, 6.45) is 3.76. The summed E-state index contributed by atoms with van der Waals surface area (Å²) in [5.41, 5.74) is 1.19. The summed E-state index contributed by atoms with van der Waals surface area (Å²) in [4.78, 5) is 22.1. The Morgan fingerprint density at radius 2 is 2.21 bits per heavy atom. The third-order valence-electron chi connectivity index (χ3n) is 2.93. The van der Waals surface area contributed by atoms with Gasteiger partial charge >= 0.3 is 0 Å². The third-order valence-corrected chi connectivity index (χ3v) is 2.93. The number of carbonyl (C=O) groups is 1. The summed E-state index contributed by atoms with van der Waals surface area (Å²) in [5.74, 6) is 0.330. The molecule has 0 spiro atoms. The first kappa shape index (κ1) is 13.4. The van der Waals surface area contributed by atoms with Gasteiger partial charge in [0.05, 0.1) is 17.9 Å². The van der Waals surface area contributed by atoms with Crippen molar-refractivity contribution in [3.05, 3.63) is 23.8 Å². The number of fused-ring (bicyclic) bond motifs is 1. The van der Waals surface area contributed by atoms with Crippen LogP contribution in [0.4, 0.5) is 0 Å². The van der Waals surface area contributed by atoms with Crippen molar-refractivity contribution >= 4 is 11.7 Å². The lowest BCUT2D eigenvalue weighted by Gasteiger charge is -2.21. The van der Waals surface area contributed by atoms with Crippen LogP contribution in [0.3, 0.4) is 0 Å². The summed E-state index contributed by atoms with van der Waals surface area (Å²) in [6.45, 7) is 4.67. The Labute approximate surface area is 110 Å². The van der Waals surface area contributed by atoms with E-state index in [1.165, 1.54) is 17.0 Å². The molecule has 2 heterocycles. The number of amides is 1. The van der Waals surface area contributed by atoms with Gasteiger partial charge in [-0.1, -0.05) is 6.92 Å². The Balaban J connectivity index is 2.36. The fourth-order valence-electron chi connectivity index (χ4n) is 1.98. The fraction of sp³-hybridized carbons (Fsp3) is 0.500. The van der Waals surface area contributed by atoms with Crippen molar-refractivity contribution in [2.24, 2.45) is 0 Å². The van der Waals surface area contributed by atoms with E-state index in [-0.39, 0.29) is 12.5 Å². The minimum atomic E-state index is -0.140. The molecule has 1 N–H and O–H groups in total. The van der Waals surface area contributed by atoms with Gasteiger partial charge in [0.2, 0.25) is 0 Å². The van der Waals surface area contributed by atoms with Crippen molar-refractivity contribution in [1.82, 2.24) is 24.5 Å². The molecule has 2 rings (SSSR count). The molecule has 0 aliphatic rings. The first-order chi connectivity index (χ1) is 9.19. The van der Waals surface area contributed by atoms with E-state index in [9.17, 15) is 4.79 Å². The molecule has 0 aliphatic carbocycles. The molecule has 0 radical (unpaired) electrons. The molecule has 2 aromatic rings. The molecule has 0 saturated carbocycles. The number of hydrogen-bond acceptors (Lipinski definition) is 5. The molecule has 7 heteroatoms. The normalized spacial score (nSPS) is 10.9. The molecule has 19 heavy (non-hydrogen) atoms. The summed E-state index contributed by atoms with van der Waals surface area (Å²) < 4.78 is 1.54. The third kappa shape index (κ3) is 2.55. The van der Waals surface area contributed by atoms with Gasteiger partial charge in [-0.05, 0) is 13.3 Å². The van der Waals surface area contributed by atoms with Gasteiger partial charge in [-0.25, -0.2) is 9.50 Å². The van der Waals surface area contributed by atoms with Gasteiger partial charge in [0.15, 0.2) is 0 Å². The van der Waals surface area contributed by atoms with Gasteiger partial charge in [-0.15, -0.1) is 0 Å². The Bertz CT molecular complexity index is 575. The Kier molecular flexibility index (Phi) is 4.06. The molecule has 102 valence electrons. The first-order valence-electron chi connectivity index (χ1n) is 6.24. The molecule has 0 fully saturated rings. The molecule has 7 nitrogen and oxygen atoms in total. The minimum absolute atomic E-state index is 0.0518. The second kappa shape index (κ2) is 5.75. The number of rotatable bonds is 5. The molecular formula is C12H17N5O2. The second-order valence-corrected chi connectivity index (χ2v) is 4.24. The zero-order chi connectivity index (χ0) is 13.8. The van der Waals surface area contributed by atoms with Crippen LogP contribution in [0.1, 0.15) is 29.4 Å². The molecular weight excluding hydrogens is 246 g/mol. The molecule has 0 atom stereocenters. The molecule has 0 bridgehead atoms. The maximum absolute atomic E-state index is 12.4. The van der Waals surface area contributed by atoms with E-state index >= 15 is 0 Å². The Hall–Kier alpha value is -2.02. The smallest absolute Gasteiger partial charge is 0.257 e. The van der Waals surface area contributed by atoms with Crippen molar-refractivity contribution in [2.75, 3.05) is 19.7 Å². The van der Waals surface area contributed by atoms with Crippen LogP contribution in [0, 0.1) is 6.92 Å². The number of nitrogens with zero attached hydrogens (tertiary/aromatic N) is 5. The number of aliphatic hydroxyl groups is 1. The van der Waals surface area contributed by atoms with Crippen molar-refractivity contribution in [3.8, 4) is 0 Å². The fourth-order valence-corrected chi connectivity index (χ4v) is 1.98. The summed E-state index contributed by atoms with van der Waals surface area (Å²) in [6, 6.07) is 0. The zero-order valence-corrected chi connectivity index (χ0v) is 11.1. The molecule has 2 aromatic heterocycles. The largest absolute Gasteiger partial charge is 0.395 e. The van der Waals surface area contributed by atoms with E-state index in [0.29, 0.717) is 30.1 Å². The lowest BCUT2D eigenvalue weighted by atomic mass is 10.2. The summed E-state index contributed by atoms with van der Waals surface area (Å²) in [7, 11) is 0. The van der Waals surface area contributed by atoms with Gasteiger partial charge in [-0.3, -0.25) is 4.79 Å².